The van der Waals surface area contributed by atoms with Crippen LogP contribution in [0.3, 0.4) is 0 Å². The Morgan fingerprint density at radius 2 is 2.06 bits per heavy atom. The van der Waals surface area contributed by atoms with Gasteiger partial charge < -0.3 is 10.0 Å². The molecule has 1 aromatic rings. The highest BCUT2D eigenvalue weighted by Crippen LogP contribution is 2.22. The number of rotatable bonds is 2. The van der Waals surface area contributed by atoms with Gasteiger partial charge in [0.1, 0.15) is 0 Å². The van der Waals surface area contributed by atoms with Crippen LogP contribution in [0.2, 0.25) is 0 Å². The van der Waals surface area contributed by atoms with Crippen molar-refractivity contribution in [2.24, 2.45) is 0 Å². The van der Waals surface area contributed by atoms with Crippen LogP contribution < -0.4 is 0 Å². The predicted molar refractivity (Wildman–Crippen MR) is 65.5 cm³/mol. The quantitative estimate of drug-likeness (QED) is 0.849. The molecule has 1 fully saturated rings. The van der Waals surface area contributed by atoms with E-state index in [1.165, 1.54) is 6.07 Å². The first-order valence-corrected chi connectivity index (χ1v) is 6.04. The van der Waals surface area contributed by atoms with Gasteiger partial charge in [0, 0.05) is 25.2 Å². The molecule has 0 saturated carbocycles. The highest BCUT2D eigenvalue weighted by atomic mass is 19.1. The van der Waals surface area contributed by atoms with Gasteiger partial charge in [-0.15, -0.1) is 0 Å². The van der Waals surface area contributed by atoms with Gasteiger partial charge in [0.25, 0.3) is 0 Å². The normalized spacial score (nSPS) is 19.2. The van der Waals surface area contributed by atoms with Crippen molar-refractivity contribution in [2.45, 2.75) is 13.0 Å². The molecule has 0 aliphatic carbocycles. The van der Waals surface area contributed by atoms with Crippen molar-refractivity contribution < 1.29 is 9.50 Å². The third-order valence-electron chi connectivity index (χ3n) is 3.28. The van der Waals surface area contributed by atoms with Crippen LogP contribution in [-0.4, -0.2) is 48.1 Å². The number of phenolic OH excluding ortho intramolecular Hbond substituents is 1. The monoisotopic (exact) mass is 238 g/mol. The maximum Gasteiger partial charge on any atom is 0.165 e. The standard InChI is InChI=1S/C13H19FN2O/c1-15-6-3-7-16(9-8-15)10-11-4-2-5-12(14)13(11)17/h2,4-5,17H,3,6-10H2,1H3. The number of benzene rings is 1. The molecule has 0 aromatic heterocycles. The minimum absolute atomic E-state index is 0.204. The van der Waals surface area contributed by atoms with Gasteiger partial charge in [-0.2, -0.15) is 0 Å². The van der Waals surface area contributed by atoms with Crippen molar-refractivity contribution in [2.75, 3.05) is 33.2 Å². The molecule has 0 bridgehead atoms. The van der Waals surface area contributed by atoms with E-state index in [4.69, 9.17) is 0 Å². The Kier molecular flexibility index (Phi) is 3.97. The minimum Gasteiger partial charge on any atom is -0.505 e. The molecule has 1 N–H and O–H groups in total. The summed E-state index contributed by atoms with van der Waals surface area (Å²) in [5.41, 5.74) is 0.676. The van der Waals surface area contributed by atoms with E-state index in [1.807, 2.05) is 0 Å². The number of para-hydroxylation sites is 1. The Bertz CT molecular complexity index is 384. The topological polar surface area (TPSA) is 26.7 Å². The number of nitrogens with zero attached hydrogens (tertiary/aromatic N) is 2. The summed E-state index contributed by atoms with van der Waals surface area (Å²) in [4.78, 5) is 4.56. The molecular weight excluding hydrogens is 219 g/mol. The van der Waals surface area contributed by atoms with Gasteiger partial charge in [0.15, 0.2) is 11.6 Å². The van der Waals surface area contributed by atoms with Gasteiger partial charge in [0.05, 0.1) is 0 Å². The first kappa shape index (κ1) is 12.3. The van der Waals surface area contributed by atoms with E-state index < -0.39 is 5.82 Å². The lowest BCUT2D eigenvalue weighted by molar-refractivity contribution is 0.264. The molecule has 94 valence electrons. The van der Waals surface area contributed by atoms with E-state index in [1.54, 1.807) is 12.1 Å². The minimum atomic E-state index is -0.533. The lowest BCUT2D eigenvalue weighted by atomic mass is 10.1. The largest absolute Gasteiger partial charge is 0.505 e. The van der Waals surface area contributed by atoms with E-state index in [0.29, 0.717) is 12.1 Å². The van der Waals surface area contributed by atoms with Crippen LogP contribution in [0.4, 0.5) is 4.39 Å². The molecule has 0 atom stereocenters. The molecule has 1 aliphatic rings. The third kappa shape index (κ3) is 3.17. The van der Waals surface area contributed by atoms with Gasteiger partial charge in [-0.05, 0) is 32.6 Å². The number of halogens is 1. The number of hydrogen-bond acceptors (Lipinski definition) is 3. The molecule has 1 aromatic carbocycles. The SMILES string of the molecule is CN1CCCN(Cc2cccc(F)c2O)CC1. The molecule has 0 radical (unpaired) electrons. The van der Waals surface area contributed by atoms with Crippen LogP contribution in [-0.2, 0) is 6.54 Å². The van der Waals surface area contributed by atoms with E-state index in [0.717, 1.165) is 32.6 Å². The number of hydrogen-bond donors (Lipinski definition) is 1. The Hall–Kier alpha value is -1.13. The van der Waals surface area contributed by atoms with Crippen LogP contribution in [0.1, 0.15) is 12.0 Å². The molecule has 4 heteroatoms. The molecule has 0 unspecified atom stereocenters. The molecule has 17 heavy (non-hydrogen) atoms. The Morgan fingerprint density at radius 3 is 2.88 bits per heavy atom. The molecule has 1 aliphatic heterocycles. The lowest BCUT2D eigenvalue weighted by Crippen LogP contribution is -2.28. The molecule has 1 heterocycles. The molecule has 2 rings (SSSR count). The predicted octanol–water partition coefficient (Wildman–Crippen LogP) is 1.67. The van der Waals surface area contributed by atoms with Crippen LogP contribution >= 0.6 is 0 Å². The van der Waals surface area contributed by atoms with Crippen molar-refractivity contribution in [3.63, 3.8) is 0 Å². The Morgan fingerprint density at radius 1 is 1.24 bits per heavy atom. The Labute approximate surface area is 101 Å². The average molecular weight is 238 g/mol. The van der Waals surface area contributed by atoms with Gasteiger partial charge >= 0.3 is 0 Å². The smallest absolute Gasteiger partial charge is 0.165 e. The van der Waals surface area contributed by atoms with Crippen LogP contribution in [0.25, 0.3) is 0 Å². The van der Waals surface area contributed by atoms with Crippen molar-refractivity contribution in [3.8, 4) is 5.75 Å². The fraction of sp³-hybridized carbons (Fsp3) is 0.538. The summed E-state index contributed by atoms with van der Waals surface area (Å²) >= 11 is 0. The van der Waals surface area contributed by atoms with E-state index in [-0.39, 0.29) is 5.75 Å². The van der Waals surface area contributed by atoms with Crippen LogP contribution in [0.5, 0.6) is 5.75 Å². The fourth-order valence-electron chi connectivity index (χ4n) is 2.19. The van der Waals surface area contributed by atoms with E-state index in [2.05, 4.69) is 16.8 Å². The summed E-state index contributed by atoms with van der Waals surface area (Å²) in [5.74, 6) is -0.737. The lowest BCUT2D eigenvalue weighted by Gasteiger charge is -2.20. The first-order valence-electron chi connectivity index (χ1n) is 6.04. The summed E-state index contributed by atoms with van der Waals surface area (Å²) in [7, 11) is 2.11. The molecule has 0 amide bonds. The van der Waals surface area contributed by atoms with E-state index >= 15 is 0 Å². The zero-order valence-electron chi connectivity index (χ0n) is 10.2. The second-order valence-corrected chi connectivity index (χ2v) is 4.68. The molecule has 0 spiro atoms. The van der Waals surface area contributed by atoms with Crippen molar-refractivity contribution in [1.82, 2.24) is 9.80 Å². The number of aromatic hydroxyl groups is 1. The summed E-state index contributed by atoms with van der Waals surface area (Å²) in [6.45, 7) is 4.71. The first-order chi connectivity index (χ1) is 8.16. The summed E-state index contributed by atoms with van der Waals surface area (Å²) in [6, 6.07) is 4.72. The summed E-state index contributed by atoms with van der Waals surface area (Å²) in [6.07, 6.45) is 1.12. The Balaban J connectivity index is 2.02. The maximum atomic E-state index is 13.2. The van der Waals surface area contributed by atoms with Crippen molar-refractivity contribution >= 4 is 0 Å². The molecular formula is C13H19FN2O. The number of likely N-dealkylation sites (N-methyl/N-ethyl adjacent to an activating group) is 1. The molecule has 3 nitrogen and oxygen atoms in total. The second kappa shape index (κ2) is 5.47. The van der Waals surface area contributed by atoms with Crippen molar-refractivity contribution in [1.29, 1.82) is 0 Å². The fourth-order valence-corrected chi connectivity index (χ4v) is 2.19. The maximum absolute atomic E-state index is 13.2. The molecule has 1 saturated heterocycles. The highest BCUT2D eigenvalue weighted by Gasteiger charge is 2.14. The third-order valence-corrected chi connectivity index (χ3v) is 3.28. The van der Waals surface area contributed by atoms with Crippen LogP contribution in [0, 0.1) is 5.82 Å². The van der Waals surface area contributed by atoms with E-state index in [9.17, 15) is 9.50 Å². The van der Waals surface area contributed by atoms with Gasteiger partial charge in [-0.25, -0.2) is 4.39 Å². The zero-order chi connectivity index (χ0) is 12.3. The summed E-state index contributed by atoms with van der Waals surface area (Å²) < 4.78 is 13.2. The summed E-state index contributed by atoms with van der Waals surface area (Å²) in [5, 5.41) is 9.64. The van der Waals surface area contributed by atoms with Crippen LogP contribution in [0.15, 0.2) is 18.2 Å². The van der Waals surface area contributed by atoms with Gasteiger partial charge in [0.2, 0.25) is 0 Å². The van der Waals surface area contributed by atoms with Crippen molar-refractivity contribution in [3.05, 3.63) is 29.6 Å². The van der Waals surface area contributed by atoms with Gasteiger partial charge in [-0.1, -0.05) is 12.1 Å². The second-order valence-electron chi connectivity index (χ2n) is 4.68. The van der Waals surface area contributed by atoms with Gasteiger partial charge in [-0.3, -0.25) is 4.90 Å². The number of phenols is 1. The zero-order valence-corrected chi connectivity index (χ0v) is 10.2. The highest BCUT2D eigenvalue weighted by molar-refractivity contribution is 5.33. The average Bonchev–Trinajstić information content (AvgIpc) is 2.50.